The first kappa shape index (κ1) is 22.4. The highest BCUT2D eigenvalue weighted by molar-refractivity contribution is 5.85. The minimum atomic E-state index is -1.55. The van der Waals surface area contributed by atoms with Gasteiger partial charge in [0.1, 0.15) is 6.10 Å². The molecule has 2 N–H and O–H groups in total. The van der Waals surface area contributed by atoms with Crippen molar-refractivity contribution in [1.29, 1.82) is 0 Å². The molecule has 1 aromatic rings. The summed E-state index contributed by atoms with van der Waals surface area (Å²) in [5, 5.41) is 14.7. The normalized spacial score (nSPS) is 31.3. The quantitative estimate of drug-likeness (QED) is 0.721. The molecule has 5 rings (SSSR count). The van der Waals surface area contributed by atoms with Crippen molar-refractivity contribution in [2.45, 2.75) is 37.4 Å². The van der Waals surface area contributed by atoms with Crippen LogP contribution < -0.4 is 5.32 Å². The Morgan fingerprint density at radius 3 is 2.44 bits per heavy atom. The number of carbonyl (C=O) groups excluding carboxylic acids is 1. The molecule has 0 saturated carbocycles. The number of nitrogens with zero attached hydrogens (tertiary/aromatic N) is 1. The molecule has 0 aromatic heterocycles. The molecule has 0 amide bonds. The third kappa shape index (κ3) is 4.77. The Morgan fingerprint density at radius 2 is 1.89 bits per heavy atom. The van der Waals surface area contributed by atoms with E-state index in [0.29, 0.717) is 23.8 Å². The van der Waals surface area contributed by atoms with Crippen molar-refractivity contribution in [2.75, 3.05) is 32.7 Å². The number of ether oxygens (including phenoxy) is 1. The van der Waals surface area contributed by atoms with Crippen LogP contribution in [0.4, 0.5) is 0 Å². The summed E-state index contributed by atoms with van der Waals surface area (Å²) >= 11 is 0. The number of esters is 1. The summed E-state index contributed by atoms with van der Waals surface area (Å²) in [5.41, 5.74) is -0.905. The van der Waals surface area contributed by atoms with E-state index in [-0.39, 0.29) is 30.9 Å². The Kier molecular flexibility index (Phi) is 7.95. The highest BCUT2D eigenvalue weighted by Crippen LogP contribution is 2.35. The van der Waals surface area contributed by atoms with Crippen molar-refractivity contribution in [3.05, 3.63) is 35.9 Å². The van der Waals surface area contributed by atoms with Crippen LogP contribution in [0.15, 0.2) is 30.3 Å². The highest BCUT2D eigenvalue weighted by Gasteiger charge is 2.45. The topological polar surface area (TPSA) is 61.8 Å². The molecule has 0 radical (unpaired) electrons. The second-order valence-corrected chi connectivity index (χ2v) is 7.87. The summed E-state index contributed by atoms with van der Waals surface area (Å²) < 4.78 is 5.90. The van der Waals surface area contributed by atoms with Crippen molar-refractivity contribution >= 4 is 30.8 Å². The summed E-state index contributed by atoms with van der Waals surface area (Å²) in [6, 6.07) is 9.31. The van der Waals surface area contributed by atoms with Crippen molar-refractivity contribution in [1.82, 2.24) is 10.2 Å². The Balaban J connectivity index is 0.00000131. The molecule has 4 aliphatic heterocycles. The number of fused-ring (bicyclic) bond motifs is 3. The Labute approximate surface area is 173 Å². The summed E-state index contributed by atoms with van der Waals surface area (Å²) in [6.45, 7) is 4.82. The number of hydrogen-bond acceptors (Lipinski definition) is 5. The molecule has 4 heterocycles. The second-order valence-electron chi connectivity index (χ2n) is 7.87. The number of hydrogen-bond donors (Lipinski definition) is 2. The predicted octanol–water partition coefficient (Wildman–Crippen LogP) is 2.35. The zero-order valence-electron chi connectivity index (χ0n) is 15.5. The van der Waals surface area contributed by atoms with Crippen LogP contribution in [0.25, 0.3) is 0 Å². The van der Waals surface area contributed by atoms with E-state index in [1.165, 1.54) is 0 Å². The number of benzene rings is 1. The molecule has 1 aromatic carbocycles. The first-order chi connectivity index (χ1) is 12.1. The molecule has 4 fully saturated rings. The number of nitrogens with one attached hydrogen (secondary N) is 1. The van der Waals surface area contributed by atoms with Gasteiger partial charge in [0.15, 0.2) is 5.60 Å². The lowest BCUT2D eigenvalue weighted by atomic mass is 9.83. The molecule has 7 heteroatoms. The summed E-state index contributed by atoms with van der Waals surface area (Å²) in [6.07, 6.45) is 3.52. The highest BCUT2D eigenvalue weighted by atomic mass is 35.5. The summed E-state index contributed by atoms with van der Waals surface area (Å²) in [4.78, 5) is 15.4. The van der Waals surface area contributed by atoms with E-state index in [1.807, 2.05) is 30.3 Å². The number of piperidine rings is 3. The molecule has 152 valence electrons. The van der Waals surface area contributed by atoms with Crippen molar-refractivity contribution in [3.8, 4) is 0 Å². The number of carbonyl (C=O) groups is 1. The van der Waals surface area contributed by atoms with Gasteiger partial charge in [-0.05, 0) is 69.3 Å². The molecule has 3 unspecified atom stereocenters. The maximum atomic E-state index is 13.1. The van der Waals surface area contributed by atoms with Crippen molar-refractivity contribution < 1.29 is 14.6 Å². The van der Waals surface area contributed by atoms with Crippen LogP contribution >= 0.6 is 24.8 Å². The third-order valence-corrected chi connectivity index (χ3v) is 6.19. The van der Waals surface area contributed by atoms with Crippen molar-refractivity contribution in [3.63, 3.8) is 0 Å². The third-order valence-electron chi connectivity index (χ3n) is 6.19. The summed E-state index contributed by atoms with van der Waals surface area (Å²) in [7, 11) is 0. The molecule has 2 bridgehead atoms. The minimum Gasteiger partial charge on any atom is -0.458 e. The van der Waals surface area contributed by atoms with Gasteiger partial charge in [0.25, 0.3) is 0 Å². The lowest BCUT2D eigenvalue weighted by molar-refractivity contribution is -0.183. The molecule has 0 spiro atoms. The number of aliphatic hydroxyl groups is 1. The first-order valence-electron chi connectivity index (χ1n) is 9.57. The van der Waals surface area contributed by atoms with E-state index in [9.17, 15) is 9.90 Å². The van der Waals surface area contributed by atoms with Crippen LogP contribution in [0.2, 0.25) is 0 Å². The maximum Gasteiger partial charge on any atom is 0.343 e. The van der Waals surface area contributed by atoms with E-state index < -0.39 is 11.6 Å². The van der Waals surface area contributed by atoms with Crippen LogP contribution in [0.5, 0.6) is 0 Å². The summed E-state index contributed by atoms with van der Waals surface area (Å²) in [5.74, 6) is 0.274. The van der Waals surface area contributed by atoms with Gasteiger partial charge in [-0.25, -0.2) is 4.79 Å². The van der Waals surface area contributed by atoms with Gasteiger partial charge >= 0.3 is 5.97 Å². The van der Waals surface area contributed by atoms with Crippen LogP contribution in [-0.4, -0.2) is 54.8 Å². The van der Waals surface area contributed by atoms with Crippen molar-refractivity contribution in [2.24, 2.45) is 11.8 Å². The standard InChI is InChI=1S/C20H28N2O3.2ClH/c23-19(25-18-14-22-10-7-16(18)8-11-22)20(24,12-15-6-9-21-13-15)17-4-2-1-3-5-17;;/h1-5,15-16,18,21,24H,6-14H2;2*1H. The van der Waals surface area contributed by atoms with E-state index in [4.69, 9.17) is 4.74 Å². The Hall–Kier alpha value is -0.850. The van der Waals surface area contributed by atoms with Crippen LogP contribution in [0.3, 0.4) is 0 Å². The molecular weight excluding hydrogens is 387 g/mol. The van der Waals surface area contributed by atoms with Gasteiger partial charge in [0.2, 0.25) is 0 Å². The number of halogens is 2. The fourth-order valence-corrected chi connectivity index (χ4v) is 4.62. The molecule has 27 heavy (non-hydrogen) atoms. The molecule has 5 nitrogen and oxygen atoms in total. The Morgan fingerprint density at radius 1 is 1.19 bits per heavy atom. The lowest BCUT2D eigenvalue weighted by Gasteiger charge is -2.44. The zero-order valence-corrected chi connectivity index (χ0v) is 17.1. The van der Waals surface area contributed by atoms with Crippen LogP contribution in [0, 0.1) is 11.8 Å². The van der Waals surface area contributed by atoms with E-state index in [1.54, 1.807) is 0 Å². The SMILES string of the molecule is Cl.Cl.O=C(OC1CN2CCC1CC2)C(O)(CC1CCNC1)c1ccccc1. The van der Waals surface area contributed by atoms with Gasteiger partial charge < -0.3 is 15.2 Å². The lowest BCUT2D eigenvalue weighted by Crippen LogP contribution is -2.53. The van der Waals surface area contributed by atoms with E-state index >= 15 is 0 Å². The first-order valence-corrected chi connectivity index (χ1v) is 9.57. The van der Waals surface area contributed by atoms with Gasteiger partial charge in [0.05, 0.1) is 0 Å². The van der Waals surface area contributed by atoms with Gasteiger partial charge in [-0.3, -0.25) is 4.90 Å². The molecule has 3 atom stereocenters. The van der Waals surface area contributed by atoms with Gasteiger partial charge in [0, 0.05) is 6.54 Å². The average Bonchev–Trinajstić information content (AvgIpc) is 3.16. The molecule has 0 aliphatic carbocycles. The minimum absolute atomic E-state index is 0. The van der Waals surface area contributed by atoms with Crippen LogP contribution in [0.1, 0.15) is 31.2 Å². The van der Waals surface area contributed by atoms with Crippen LogP contribution in [-0.2, 0) is 15.1 Å². The largest absolute Gasteiger partial charge is 0.458 e. The molecule has 4 aliphatic rings. The van der Waals surface area contributed by atoms with E-state index in [0.717, 1.165) is 52.0 Å². The smallest absolute Gasteiger partial charge is 0.343 e. The van der Waals surface area contributed by atoms with Gasteiger partial charge in [-0.1, -0.05) is 30.3 Å². The molecular formula is C20H30Cl2N2O3. The molecule has 4 saturated heterocycles. The number of rotatable bonds is 5. The zero-order chi connectivity index (χ0) is 17.3. The predicted molar refractivity (Wildman–Crippen MR) is 109 cm³/mol. The maximum absolute atomic E-state index is 13.1. The van der Waals surface area contributed by atoms with Gasteiger partial charge in [-0.2, -0.15) is 0 Å². The monoisotopic (exact) mass is 416 g/mol. The second kappa shape index (κ2) is 9.57. The van der Waals surface area contributed by atoms with Gasteiger partial charge in [-0.15, -0.1) is 24.8 Å². The fourth-order valence-electron chi connectivity index (χ4n) is 4.62. The van der Waals surface area contributed by atoms with E-state index in [2.05, 4.69) is 10.2 Å². The Bertz CT molecular complexity index is 605. The fraction of sp³-hybridized carbons (Fsp3) is 0.650. The average molecular weight is 417 g/mol.